The number of hydrogen-bond acceptors (Lipinski definition) is 4. The van der Waals surface area contributed by atoms with E-state index in [-0.39, 0.29) is 12.6 Å². The van der Waals surface area contributed by atoms with Gasteiger partial charge in [-0.15, -0.1) is 0 Å². The molecule has 0 N–H and O–H groups in total. The van der Waals surface area contributed by atoms with E-state index in [4.69, 9.17) is 14.2 Å². The van der Waals surface area contributed by atoms with Gasteiger partial charge in [0.15, 0.2) is 11.5 Å². The molecular formula is C18H14FNO3. The van der Waals surface area contributed by atoms with Gasteiger partial charge in [0.1, 0.15) is 11.6 Å². The highest BCUT2D eigenvalue weighted by atomic mass is 19.1. The second kappa shape index (κ2) is 6.41. The van der Waals surface area contributed by atoms with E-state index in [1.165, 1.54) is 12.1 Å². The molecule has 0 radical (unpaired) electrons. The largest absolute Gasteiger partial charge is 0.493 e. The number of fused-ring (bicyclic) bond motifs is 1. The Morgan fingerprint density at radius 3 is 2.61 bits per heavy atom. The summed E-state index contributed by atoms with van der Waals surface area (Å²) in [6.07, 6.45) is 1.69. The zero-order valence-corrected chi connectivity index (χ0v) is 12.5. The van der Waals surface area contributed by atoms with Crippen LogP contribution in [0.3, 0.4) is 0 Å². The van der Waals surface area contributed by atoms with Crippen LogP contribution in [0.5, 0.6) is 17.2 Å². The minimum Gasteiger partial charge on any atom is -0.493 e. The first-order valence-electron chi connectivity index (χ1n) is 7.15. The third-order valence-electron chi connectivity index (χ3n) is 3.38. The van der Waals surface area contributed by atoms with E-state index in [1.807, 2.05) is 6.92 Å². The number of nitriles is 1. The van der Waals surface area contributed by atoms with Gasteiger partial charge in [0, 0.05) is 11.6 Å². The van der Waals surface area contributed by atoms with Crippen molar-refractivity contribution in [2.24, 2.45) is 0 Å². The third kappa shape index (κ3) is 3.11. The van der Waals surface area contributed by atoms with Crippen LogP contribution < -0.4 is 14.2 Å². The number of hydrogen-bond donors (Lipinski definition) is 0. The average Bonchev–Trinajstić information content (AvgIpc) is 3.01. The highest BCUT2D eigenvalue weighted by molar-refractivity contribution is 5.91. The lowest BCUT2D eigenvalue weighted by Crippen LogP contribution is -1.94. The van der Waals surface area contributed by atoms with E-state index in [1.54, 1.807) is 30.3 Å². The van der Waals surface area contributed by atoms with Crippen molar-refractivity contribution in [3.05, 3.63) is 53.3 Å². The number of nitrogens with zero attached hydrogens (tertiary/aromatic N) is 1. The summed E-state index contributed by atoms with van der Waals surface area (Å²) in [6, 6.07) is 11.4. The van der Waals surface area contributed by atoms with Crippen LogP contribution in [0.15, 0.2) is 36.4 Å². The summed E-state index contributed by atoms with van der Waals surface area (Å²) in [6.45, 7) is 2.53. The van der Waals surface area contributed by atoms with Crippen LogP contribution in [-0.2, 0) is 0 Å². The Labute approximate surface area is 133 Å². The quantitative estimate of drug-likeness (QED) is 0.632. The third-order valence-corrected chi connectivity index (χ3v) is 3.38. The normalized spacial score (nSPS) is 12.8. The molecule has 0 saturated carbocycles. The topological polar surface area (TPSA) is 51.5 Å². The van der Waals surface area contributed by atoms with Crippen molar-refractivity contribution in [2.75, 3.05) is 13.4 Å². The molecule has 0 fully saturated rings. The van der Waals surface area contributed by atoms with Gasteiger partial charge in [-0.1, -0.05) is 12.1 Å². The molecule has 5 heteroatoms. The maximum atomic E-state index is 13.0. The molecule has 1 aliphatic heterocycles. The standard InChI is InChI=1S/C18H14FNO3/c1-2-21-16-9-18-17(22-11-23-18)8-13(16)7-14(10-20)12-3-5-15(19)6-4-12/h3-9H,2,11H2,1H3. The fourth-order valence-corrected chi connectivity index (χ4v) is 2.30. The summed E-state index contributed by atoms with van der Waals surface area (Å²) < 4.78 is 29.4. The van der Waals surface area contributed by atoms with Crippen LogP contribution in [0.4, 0.5) is 4.39 Å². The molecule has 2 aromatic carbocycles. The van der Waals surface area contributed by atoms with Gasteiger partial charge in [-0.2, -0.15) is 5.26 Å². The van der Waals surface area contributed by atoms with Crippen molar-refractivity contribution < 1.29 is 18.6 Å². The molecular weight excluding hydrogens is 297 g/mol. The molecule has 0 amide bonds. The number of ether oxygens (including phenoxy) is 3. The Morgan fingerprint density at radius 1 is 1.26 bits per heavy atom. The lowest BCUT2D eigenvalue weighted by Gasteiger charge is -2.09. The van der Waals surface area contributed by atoms with Gasteiger partial charge in [-0.25, -0.2) is 4.39 Å². The highest BCUT2D eigenvalue weighted by Crippen LogP contribution is 2.39. The molecule has 0 atom stereocenters. The van der Waals surface area contributed by atoms with E-state index in [9.17, 15) is 9.65 Å². The predicted molar refractivity (Wildman–Crippen MR) is 83.6 cm³/mol. The Bertz CT molecular complexity index is 791. The van der Waals surface area contributed by atoms with Gasteiger partial charge < -0.3 is 14.2 Å². The highest BCUT2D eigenvalue weighted by Gasteiger charge is 2.17. The molecule has 0 aromatic heterocycles. The summed E-state index contributed by atoms with van der Waals surface area (Å²) in [4.78, 5) is 0. The van der Waals surface area contributed by atoms with Crippen LogP contribution in [0.2, 0.25) is 0 Å². The molecule has 0 spiro atoms. The zero-order valence-electron chi connectivity index (χ0n) is 12.5. The predicted octanol–water partition coefficient (Wildman–Crippen LogP) is 4.02. The van der Waals surface area contributed by atoms with E-state index < -0.39 is 0 Å². The molecule has 1 heterocycles. The van der Waals surface area contributed by atoms with Gasteiger partial charge >= 0.3 is 0 Å². The molecule has 4 nitrogen and oxygen atoms in total. The SMILES string of the molecule is CCOc1cc2c(cc1C=C(C#N)c1ccc(F)cc1)OCO2. The number of rotatable bonds is 4. The maximum absolute atomic E-state index is 13.0. The Morgan fingerprint density at radius 2 is 1.96 bits per heavy atom. The van der Waals surface area contributed by atoms with Crippen molar-refractivity contribution >= 4 is 11.6 Å². The molecule has 23 heavy (non-hydrogen) atoms. The average molecular weight is 311 g/mol. The monoisotopic (exact) mass is 311 g/mol. The Hall–Kier alpha value is -3.00. The molecule has 2 aromatic rings. The molecule has 0 unspecified atom stereocenters. The number of benzene rings is 2. The van der Waals surface area contributed by atoms with E-state index >= 15 is 0 Å². The first-order valence-corrected chi connectivity index (χ1v) is 7.15. The Kier molecular flexibility index (Phi) is 4.15. The van der Waals surface area contributed by atoms with E-state index in [0.29, 0.717) is 40.6 Å². The fraction of sp³-hybridized carbons (Fsp3) is 0.167. The van der Waals surface area contributed by atoms with Crippen LogP contribution in [0.1, 0.15) is 18.1 Å². The number of halogens is 1. The summed E-state index contributed by atoms with van der Waals surface area (Å²) in [5, 5.41) is 9.42. The molecule has 3 rings (SSSR count). The van der Waals surface area contributed by atoms with Crippen LogP contribution in [0, 0.1) is 17.1 Å². The first kappa shape index (κ1) is 14.9. The maximum Gasteiger partial charge on any atom is 0.231 e. The number of allylic oxidation sites excluding steroid dienone is 1. The van der Waals surface area contributed by atoms with Gasteiger partial charge in [0.05, 0.1) is 18.2 Å². The van der Waals surface area contributed by atoms with Crippen LogP contribution >= 0.6 is 0 Å². The summed E-state index contributed by atoms with van der Waals surface area (Å²) in [5.74, 6) is 1.48. The lowest BCUT2D eigenvalue weighted by molar-refractivity contribution is 0.174. The van der Waals surface area contributed by atoms with E-state index in [2.05, 4.69) is 6.07 Å². The molecule has 1 aliphatic rings. The zero-order chi connectivity index (χ0) is 16.2. The molecule has 0 aliphatic carbocycles. The lowest BCUT2D eigenvalue weighted by atomic mass is 10.0. The van der Waals surface area contributed by atoms with Gasteiger partial charge in [-0.3, -0.25) is 0 Å². The van der Waals surface area contributed by atoms with Crippen molar-refractivity contribution in [1.29, 1.82) is 5.26 Å². The molecule has 116 valence electrons. The van der Waals surface area contributed by atoms with Gasteiger partial charge in [0.25, 0.3) is 0 Å². The Balaban J connectivity index is 2.05. The van der Waals surface area contributed by atoms with Crippen molar-refractivity contribution in [2.45, 2.75) is 6.92 Å². The molecule has 0 bridgehead atoms. The van der Waals surface area contributed by atoms with Crippen molar-refractivity contribution in [3.8, 4) is 23.3 Å². The van der Waals surface area contributed by atoms with Crippen LogP contribution in [-0.4, -0.2) is 13.4 Å². The van der Waals surface area contributed by atoms with Gasteiger partial charge in [0.2, 0.25) is 6.79 Å². The summed E-state index contributed by atoms with van der Waals surface area (Å²) in [7, 11) is 0. The first-order chi connectivity index (χ1) is 11.2. The smallest absolute Gasteiger partial charge is 0.231 e. The van der Waals surface area contributed by atoms with Crippen LogP contribution in [0.25, 0.3) is 11.6 Å². The van der Waals surface area contributed by atoms with Gasteiger partial charge in [-0.05, 0) is 36.8 Å². The minimum atomic E-state index is -0.343. The second-order valence-electron chi connectivity index (χ2n) is 4.85. The van der Waals surface area contributed by atoms with Crippen molar-refractivity contribution in [1.82, 2.24) is 0 Å². The summed E-state index contributed by atoms with van der Waals surface area (Å²) in [5.41, 5.74) is 1.75. The van der Waals surface area contributed by atoms with E-state index in [0.717, 1.165) is 0 Å². The van der Waals surface area contributed by atoms with Crippen molar-refractivity contribution in [3.63, 3.8) is 0 Å². The summed E-state index contributed by atoms with van der Waals surface area (Å²) >= 11 is 0. The minimum absolute atomic E-state index is 0.164. The second-order valence-corrected chi connectivity index (χ2v) is 4.85. The molecule has 0 saturated heterocycles. The fourth-order valence-electron chi connectivity index (χ4n) is 2.30.